The lowest BCUT2D eigenvalue weighted by Gasteiger charge is -2.25. The van der Waals surface area contributed by atoms with Crippen molar-refractivity contribution in [1.82, 2.24) is 9.78 Å². The third-order valence-corrected chi connectivity index (χ3v) is 3.60. The van der Waals surface area contributed by atoms with Crippen LogP contribution in [0.2, 0.25) is 0 Å². The van der Waals surface area contributed by atoms with Crippen LogP contribution in [0.4, 0.5) is 11.5 Å². The lowest BCUT2D eigenvalue weighted by molar-refractivity contribution is -0.117. The van der Waals surface area contributed by atoms with Gasteiger partial charge in [0.25, 0.3) is 0 Å². The highest BCUT2D eigenvalue weighted by Gasteiger charge is 2.34. The molecule has 1 saturated carbocycles. The molecule has 5 nitrogen and oxygen atoms in total. The van der Waals surface area contributed by atoms with E-state index in [9.17, 15) is 4.79 Å². The zero-order valence-corrected chi connectivity index (χ0v) is 10.3. The molecule has 1 fully saturated rings. The smallest absolute Gasteiger partial charge is 0.247 e. The van der Waals surface area contributed by atoms with Crippen molar-refractivity contribution in [3.05, 3.63) is 5.69 Å². The zero-order chi connectivity index (χ0) is 12.0. The number of carbonyl (C=O) groups excluding carboxylic acids is 1. The van der Waals surface area contributed by atoms with Gasteiger partial charge in [0.1, 0.15) is 17.5 Å². The van der Waals surface area contributed by atoms with E-state index in [1.54, 1.807) is 0 Å². The Hall–Kier alpha value is -1.52. The Morgan fingerprint density at radius 1 is 1.47 bits per heavy atom. The van der Waals surface area contributed by atoms with Gasteiger partial charge in [-0.15, -0.1) is 0 Å². The molecular weight excluding hydrogens is 216 g/mol. The van der Waals surface area contributed by atoms with Crippen LogP contribution in [0.25, 0.3) is 0 Å². The summed E-state index contributed by atoms with van der Waals surface area (Å²) in [4.78, 5) is 12.0. The predicted octanol–water partition coefficient (Wildman–Crippen LogP) is 1.52. The molecule has 0 aromatic carbocycles. The number of hydrogen-bond acceptors (Lipinski definition) is 3. The average Bonchev–Trinajstić information content (AvgIpc) is 3.06. The molecule has 0 spiro atoms. The number of carbonyl (C=O) groups is 1. The van der Waals surface area contributed by atoms with Gasteiger partial charge in [0, 0.05) is 7.05 Å². The van der Waals surface area contributed by atoms with E-state index in [4.69, 9.17) is 0 Å². The van der Waals surface area contributed by atoms with E-state index >= 15 is 0 Å². The van der Waals surface area contributed by atoms with Crippen molar-refractivity contribution in [2.45, 2.75) is 38.6 Å². The van der Waals surface area contributed by atoms with Crippen molar-refractivity contribution in [3.63, 3.8) is 0 Å². The third-order valence-electron chi connectivity index (χ3n) is 3.60. The number of anilines is 2. The second-order valence-corrected chi connectivity index (χ2v) is 5.01. The first-order valence-corrected chi connectivity index (χ1v) is 6.32. The molecule has 2 aliphatic rings. The monoisotopic (exact) mass is 234 g/mol. The van der Waals surface area contributed by atoms with Gasteiger partial charge in [0.05, 0.1) is 5.69 Å². The molecule has 1 aliphatic carbocycles. The topological polar surface area (TPSA) is 59.0 Å². The maximum absolute atomic E-state index is 12.0. The summed E-state index contributed by atoms with van der Waals surface area (Å²) < 4.78 is 1.83. The fraction of sp³-hybridized carbons (Fsp3) is 0.667. The summed E-state index contributed by atoms with van der Waals surface area (Å²) >= 11 is 0. The van der Waals surface area contributed by atoms with Crippen LogP contribution in [0, 0.1) is 5.92 Å². The van der Waals surface area contributed by atoms with Gasteiger partial charge < -0.3 is 10.6 Å². The van der Waals surface area contributed by atoms with E-state index in [-0.39, 0.29) is 11.9 Å². The molecule has 92 valence electrons. The molecule has 17 heavy (non-hydrogen) atoms. The van der Waals surface area contributed by atoms with Crippen LogP contribution >= 0.6 is 0 Å². The first kappa shape index (κ1) is 10.6. The number of rotatable bonds is 3. The van der Waals surface area contributed by atoms with Crippen molar-refractivity contribution in [2.24, 2.45) is 13.0 Å². The average molecular weight is 234 g/mol. The summed E-state index contributed by atoms with van der Waals surface area (Å²) in [5.74, 6) is 1.78. The maximum Gasteiger partial charge on any atom is 0.247 e. The van der Waals surface area contributed by atoms with Crippen LogP contribution in [0.3, 0.4) is 0 Å². The summed E-state index contributed by atoms with van der Waals surface area (Å²) in [6.45, 7) is 2.05. The molecule has 3 rings (SSSR count). The summed E-state index contributed by atoms with van der Waals surface area (Å²) in [6.07, 6.45) is 4.31. The summed E-state index contributed by atoms with van der Waals surface area (Å²) in [5, 5.41) is 10.7. The molecule has 0 radical (unpaired) electrons. The number of fused-ring (bicyclic) bond motifs is 1. The van der Waals surface area contributed by atoms with E-state index in [1.807, 2.05) is 18.7 Å². The van der Waals surface area contributed by atoms with Gasteiger partial charge in [-0.3, -0.25) is 9.48 Å². The molecule has 0 saturated heterocycles. The molecular formula is C12H18N4O. The minimum Gasteiger partial charge on any atom is -0.357 e. The van der Waals surface area contributed by atoms with Crippen LogP contribution in [0.5, 0.6) is 0 Å². The van der Waals surface area contributed by atoms with E-state index in [0.717, 1.165) is 36.0 Å². The first-order valence-electron chi connectivity index (χ1n) is 6.32. The van der Waals surface area contributed by atoms with Crippen LogP contribution < -0.4 is 10.6 Å². The molecule has 1 unspecified atom stereocenters. The number of aromatic nitrogens is 2. The van der Waals surface area contributed by atoms with E-state index in [2.05, 4.69) is 15.7 Å². The number of nitrogens with one attached hydrogen (secondary N) is 2. The Labute approximate surface area is 101 Å². The zero-order valence-electron chi connectivity index (χ0n) is 10.3. The van der Waals surface area contributed by atoms with Crippen molar-refractivity contribution in [3.8, 4) is 0 Å². The maximum atomic E-state index is 12.0. The fourth-order valence-corrected chi connectivity index (χ4v) is 2.42. The van der Waals surface area contributed by atoms with Gasteiger partial charge in [-0.2, -0.15) is 5.10 Å². The van der Waals surface area contributed by atoms with Gasteiger partial charge in [-0.1, -0.05) is 19.8 Å². The molecule has 0 bridgehead atoms. The molecule has 1 aliphatic heterocycles. The Morgan fingerprint density at radius 2 is 2.24 bits per heavy atom. The fourth-order valence-electron chi connectivity index (χ4n) is 2.42. The van der Waals surface area contributed by atoms with Crippen LogP contribution in [-0.2, 0) is 18.3 Å². The molecule has 1 amide bonds. The van der Waals surface area contributed by atoms with E-state index in [0.29, 0.717) is 0 Å². The first-order chi connectivity index (χ1) is 8.19. The lowest BCUT2D eigenvalue weighted by Crippen LogP contribution is -2.39. The quantitative estimate of drug-likeness (QED) is 0.833. The second kappa shape index (κ2) is 3.75. The SMILES string of the molecule is CCc1nn(C)c2c1NC(=O)C(CC1CC1)N2. The van der Waals surface area contributed by atoms with Crippen molar-refractivity contribution in [1.29, 1.82) is 0 Å². The summed E-state index contributed by atoms with van der Waals surface area (Å²) in [6, 6.07) is -0.0879. The minimum atomic E-state index is -0.0879. The van der Waals surface area contributed by atoms with Crippen LogP contribution in [-0.4, -0.2) is 21.7 Å². The Bertz CT molecular complexity index is 461. The van der Waals surface area contributed by atoms with Gasteiger partial charge in [0.15, 0.2) is 0 Å². The molecule has 2 N–H and O–H groups in total. The van der Waals surface area contributed by atoms with E-state index in [1.165, 1.54) is 12.8 Å². The van der Waals surface area contributed by atoms with Crippen molar-refractivity contribution < 1.29 is 4.79 Å². The molecule has 1 aromatic heterocycles. The Balaban J connectivity index is 1.87. The number of aryl methyl sites for hydroxylation is 2. The van der Waals surface area contributed by atoms with Crippen molar-refractivity contribution >= 4 is 17.4 Å². The molecule has 1 aromatic rings. The van der Waals surface area contributed by atoms with Gasteiger partial charge in [0.2, 0.25) is 5.91 Å². The Morgan fingerprint density at radius 3 is 2.88 bits per heavy atom. The normalized spacial score (nSPS) is 22.9. The highest BCUT2D eigenvalue weighted by molar-refractivity contribution is 6.03. The highest BCUT2D eigenvalue weighted by Crippen LogP contribution is 2.37. The lowest BCUT2D eigenvalue weighted by atomic mass is 10.1. The van der Waals surface area contributed by atoms with Gasteiger partial charge in [-0.25, -0.2) is 0 Å². The standard InChI is InChI=1S/C12H18N4O/c1-3-8-10-11(16(2)15-8)13-9(12(17)14-10)6-7-4-5-7/h7,9,13H,3-6H2,1-2H3,(H,14,17). The predicted molar refractivity (Wildman–Crippen MR) is 66.0 cm³/mol. The third kappa shape index (κ3) is 1.79. The highest BCUT2D eigenvalue weighted by atomic mass is 16.2. The number of amides is 1. The Kier molecular flexibility index (Phi) is 2.34. The number of hydrogen-bond donors (Lipinski definition) is 2. The minimum absolute atomic E-state index is 0.0879. The summed E-state index contributed by atoms with van der Waals surface area (Å²) in [7, 11) is 1.91. The van der Waals surface area contributed by atoms with Crippen LogP contribution in [0.1, 0.15) is 31.9 Å². The van der Waals surface area contributed by atoms with Gasteiger partial charge >= 0.3 is 0 Å². The second-order valence-electron chi connectivity index (χ2n) is 5.01. The van der Waals surface area contributed by atoms with Crippen molar-refractivity contribution in [2.75, 3.05) is 10.6 Å². The van der Waals surface area contributed by atoms with Crippen LogP contribution in [0.15, 0.2) is 0 Å². The van der Waals surface area contributed by atoms with Gasteiger partial charge in [-0.05, 0) is 18.8 Å². The van der Waals surface area contributed by atoms with E-state index < -0.39 is 0 Å². The molecule has 1 atom stereocenters. The summed E-state index contributed by atoms with van der Waals surface area (Å²) in [5.41, 5.74) is 1.82. The molecule has 5 heteroatoms. The molecule has 2 heterocycles. The number of nitrogens with zero attached hydrogens (tertiary/aromatic N) is 2. The largest absolute Gasteiger partial charge is 0.357 e.